The lowest BCUT2D eigenvalue weighted by Crippen LogP contribution is -2.19. The van der Waals surface area contributed by atoms with Gasteiger partial charge in [-0.2, -0.15) is 0 Å². The molecule has 0 aliphatic heterocycles. The third kappa shape index (κ3) is 4.68. The van der Waals surface area contributed by atoms with E-state index in [0.717, 1.165) is 11.8 Å². The van der Waals surface area contributed by atoms with E-state index in [1.54, 1.807) is 24.3 Å². The molecule has 144 valence electrons. The summed E-state index contributed by atoms with van der Waals surface area (Å²) < 4.78 is 70.5. The second kappa shape index (κ2) is 8.26. The van der Waals surface area contributed by atoms with Crippen LogP contribution in [-0.2, 0) is 19.4 Å². The molecule has 0 fully saturated rings. The highest BCUT2D eigenvalue weighted by atomic mass is 32.2. The first-order valence-corrected chi connectivity index (χ1v) is 9.25. The smallest absolute Gasteiger partial charge is 0.351 e. The number of carbonyl (C=O) groups is 1. The van der Waals surface area contributed by atoms with Crippen LogP contribution in [0.15, 0.2) is 52.4 Å². The third-order valence-corrected chi connectivity index (χ3v) is 5.21. The Balaban J connectivity index is 2.52. The molecule has 27 heavy (non-hydrogen) atoms. The van der Waals surface area contributed by atoms with Gasteiger partial charge in [0.15, 0.2) is 16.5 Å². The van der Waals surface area contributed by atoms with Crippen LogP contribution in [0.3, 0.4) is 0 Å². The van der Waals surface area contributed by atoms with Crippen LogP contribution in [0.25, 0.3) is 0 Å². The first-order chi connectivity index (χ1) is 12.7. The normalized spacial score (nSPS) is 12.0. The number of hydrogen-bond acceptors (Lipinski definition) is 5. The van der Waals surface area contributed by atoms with Gasteiger partial charge >= 0.3 is 5.97 Å². The van der Waals surface area contributed by atoms with Crippen LogP contribution in [0.2, 0.25) is 0 Å². The largest absolute Gasteiger partial charge is 0.462 e. The summed E-state index contributed by atoms with van der Waals surface area (Å²) in [6.07, 6.45) is 0.818. The van der Waals surface area contributed by atoms with E-state index in [4.69, 9.17) is 4.74 Å². The van der Waals surface area contributed by atoms with Crippen molar-refractivity contribution < 1.29 is 31.1 Å². The Morgan fingerprint density at radius 2 is 1.67 bits per heavy atom. The maximum atomic E-state index is 14.0. The predicted molar refractivity (Wildman–Crippen MR) is 93.0 cm³/mol. The number of esters is 1. The zero-order chi connectivity index (χ0) is 20.2. The van der Waals surface area contributed by atoms with Crippen LogP contribution in [0.4, 0.5) is 18.9 Å². The topological polar surface area (TPSA) is 72.5 Å². The van der Waals surface area contributed by atoms with Gasteiger partial charge in [-0.3, -0.25) is 0 Å². The zero-order valence-electron chi connectivity index (χ0n) is 14.4. The molecule has 0 aliphatic carbocycles. The van der Waals surface area contributed by atoms with Crippen molar-refractivity contribution in [3.05, 3.63) is 70.5 Å². The summed E-state index contributed by atoms with van der Waals surface area (Å²) in [4.78, 5) is 9.98. The molecular formula is C18H16F3NO4S. The lowest BCUT2D eigenvalue weighted by atomic mass is 10.2. The third-order valence-electron chi connectivity index (χ3n) is 3.45. The molecule has 2 aromatic rings. The molecule has 0 aliphatic rings. The molecule has 2 aromatic carbocycles. The lowest BCUT2D eigenvalue weighted by Gasteiger charge is -2.11. The Bertz CT molecular complexity index is 986. The highest BCUT2D eigenvalue weighted by Crippen LogP contribution is 2.26. The molecule has 2 rings (SSSR count). The quantitative estimate of drug-likeness (QED) is 0.347. The van der Waals surface area contributed by atoms with Crippen LogP contribution in [0, 0.1) is 24.4 Å². The number of halogens is 3. The lowest BCUT2D eigenvalue weighted by molar-refractivity contribution is -0.137. The van der Waals surface area contributed by atoms with Crippen molar-refractivity contribution in [1.82, 2.24) is 0 Å². The highest BCUT2D eigenvalue weighted by Gasteiger charge is 2.32. The first-order valence-electron chi connectivity index (χ1n) is 7.77. The maximum Gasteiger partial charge on any atom is 0.351 e. The van der Waals surface area contributed by atoms with Crippen molar-refractivity contribution in [1.29, 1.82) is 0 Å². The fraction of sp³-hybridized carbons (Fsp3) is 0.167. The maximum absolute atomic E-state index is 14.0. The number of anilines is 1. The van der Waals surface area contributed by atoms with E-state index in [1.807, 2.05) is 6.92 Å². The Hall–Kier alpha value is -2.81. The van der Waals surface area contributed by atoms with Gasteiger partial charge in [-0.15, -0.1) is 0 Å². The Morgan fingerprint density at radius 3 is 2.26 bits per heavy atom. The molecule has 0 amide bonds. The second-order valence-electron chi connectivity index (χ2n) is 5.44. The van der Waals surface area contributed by atoms with E-state index >= 15 is 0 Å². The Kier molecular flexibility index (Phi) is 6.27. The van der Waals surface area contributed by atoms with Gasteiger partial charge < -0.3 is 10.1 Å². The molecule has 0 unspecified atom stereocenters. The van der Waals surface area contributed by atoms with Crippen LogP contribution in [0.1, 0.15) is 12.5 Å². The van der Waals surface area contributed by atoms with Gasteiger partial charge in [0, 0.05) is 18.0 Å². The van der Waals surface area contributed by atoms with Crippen LogP contribution in [-0.4, -0.2) is 21.0 Å². The molecule has 1 N–H and O–H groups in total. The summed E-state index contributed by atoms with van der Waals surface area (Å²) in [6, 6.07) is 7.00. The fourth-order valence-corrected chi connectivity index (χ4v) is 3.38. The summed E-state index contributed by atoms with van der Waals surface area (Å²) in [7, 11) is -4.83. The van der Waals surface area contributed by atoms with Crippen LogP contribution < -0.4 is 5.32 Å². The van der Waals surface area contributed by atoms with Gasteiger partial charge in [-0.25, -0.2) is 26.4 Å². The molecule has 0 aromatic heterocycles. The molecule has 0 spiro atoms. The van der Waals surface area contributed by atoms with E-state index in [-0.39, 0.29) is 18.7 Å². The average Bonchev–Trinajstić information content (AvgIpc) is 2.60. The number of nitrogens with one attached hydrogen (secondary N) is 1. The van der Waals surface area contributed by atoms with Gasteiger partial charge in [0.1, 0.15) is 10.7 Å². The van der Waals surface area contributed by atoms with E-state index in [9.17, 15) is 26.4 Å². The van der Waals surface area contributed by atoms with Gasteiger partial charge in [-0.1, -0.05) is 17.7 Å². The molecule has 0 radical (unpaired) electrons. The summed E-state index contributed by atoms with van der Waals surface area (Å²) in [5.41, 5.74) is 1.40. The van der Waals surface area contributed by atoms with Gasteiger partial charge in [0.2, 0.25) is 9.84 Å². The fourth-order valence-electron chi connectivity index (χ4n) is 2.08. The Morgan fingerprint density at radius 1 is 1.07 bits per heavy atom. The molecular weight excluding hydrogens is 383 g/mol. The van der Waals surface area contributed by atoms with Crippen molar-refractivity contribution in [3.63, 3.8) is 0 Å². The molecule has 0 saturated heterocycles. The van der Waals surface area contributed by atoms with Crippen molar-refractivity contribution in [2.45, 2.75) is 18.7 Å². The number of rotatable bonds is 6. The van der Waals surface area contributed by atoms with E-state index < -0.39 is 43.1 Å². The highest BCUT2D eigenvalue weighted by molar-refractivity contribution is 7.96. The van der Waals surface area contributed by atoms with Gasteiger partial charge in [-0.05, 0) is 32.0 Å². The molecule has 0 saturated carbocycles. The predicted octanol–water partition coefficient (Wildman–Crippen LogP) is 3.70. The van der Waals surface area contributed by atoms with E-state index in [1.165, 1.54) is 6.92 Å². The number of sulfone groups is 1. The number of hydrogen-bond donors (Lipinski definition) is 1. The van der Waals surface area contributed by atoms with Crippen molar-refractivity contribution in [2.24, 2.45) is 0 Å². The molecule has 0 bridgehead atoms. The molecule has 0 atom stereocenters. The SMILES string of the molecule is CCOC(=O)/C(=C\Nc1ccc(C)cc1)S(=O)(=O)c1cc(F)c(F)cc1F. The van der Waals surface area contributed by atoms with Gasteiger partial charge in [0.25, 0.3) is 0 Å². The number of carbonyl (C=O) groups excluding carboxylic acids is 1. The minimum atomic E-state index is -4.83. The minimum absolute atomic E-state index is 0.0956. The summed E-state index contributed by atoms with van der Waals surface area (Å²) in [6.45, 7) is 3.16. The standard InChI is InChI=1S/C18H16F3NO4S/c1-3-26-18(23)17(10-22-12-6-4-11(2)5-7-12)27(24,25)16-9-14(20)13(19)8-15(16)21/h4-10,22H,3H2,1-2H3/b17-10+. The van der Waals surface area contributed by atoms with Crippen LogP contribution >= 0.6 is 0 Å². The zero-order valence-corrected chi connectivity index (χ0v) is 15.2. The monoisotopic (exact) mass is 399 g/mol. The number of aryl methyl sites for hydroxylation is 1. The van der Waals surface area contributed by atoms with Gasteiger partial charge in [0.05, 0.1) is 6.61 Å². The van der Waals surface area contributed by atoms with E-state index in [2.05, 4.69) is 5.32 Å². The van der Waals surface area contributed by atoms with Crippen molar-refractivity contribution in [2.75, 3.05) is 11.9 Å². The number of ether oxygens (including phenoxy) is 1. The number of benzene rings is 2. The van der Waals surface area contributed by atoms with Crippen LogP contribution in [0.5, 0.6) is 0 Å². The van der Waals surface area contributed by atoms with Crippen molar-refractivity contribution in [3.8, 4) is 0 Å². The average molecular weight is 399 g/mol. The summed E-state index contributed by atoms with van der Waals surface area (Å²) in [5.74, 6) is -5.91. The minimum Gasteiger partial charge on any atom is -0.462 e. The van der Waals surface area contributed by atoms with E-state index in [0.29, 0.717) is 5.69 Å². The summed E-state index contributed by atoms with van der Waals surface area (Å²) >= 11 is 0. The summed E-state index contributed by atoms with van der Waals surface area (Å²) in [5, 5.41) is 2.60. The molecule has 0 heterocycles. The first kappa shape index (κ1) is 20.5. The molecule has 9 heteroatoms. The molecule has 5 nitrogen and oxygen atoms in total. The second-order valence-corrected chi connectivity index (χ2v) is 7.33. The Labute approximate surface area is 154 Å². The van der Waals surface area contributed by atoms with Crippen molar-refractivity contribution >= 4 is 21.5 Å².